The Balaban J connectivity index is 2.58. The zero-order valence-electron chi connectivity index (χ0n) is 8.37. The molecule has 15 heavy (non-hydrogen) atoms. The summed E-state index contributed by atoms with van der Waals surface area (Å²) in [6, 6.07) is 11.3. The molecule has 2 N–H and O–H groups in total. The van der Waals surface area contributed by atoms with E-state index in [9.17, 15) is 0 Å². The van der Waals surface area contributed by atoms with E-state index in [1.54, 1.807) is 6.07 Å². The van der Waals surface area contributed by atoms with Crippen molar-refractivity contribution in [3.8, 4) is 11.3 Å². The normalized spacial score (nSPS) is 10.3. The molecule has 76 valence electrons. The molecule has 1 aromatic carbocycles. The van der Waals surface area contributed by atoms with Crippen LogP contribution in [0.5, 0.6) is 0 Å². The van der Waals surface area contributed by atoms with Crippen LogP contribution in [0, 0.1) is 6.92 Å². The molecule has 0 spiro atoms. The van der Waals surface area contributed by atoms with Gasteiger partial charge in [-0.3, -0.25) is 0 Å². The lowest BCUT2D eigenvalue weighted by Gasteiger charge is -2.06. The summed E-state index contributed by atoms with van der Waals surface area (Å²) in [5.74, 6) is 0.520. The Morgan fingerprint density at radius 2 is 2.00 bits per heavy atom. The smallest absolute Gasteiger partial charge is 0.124 e. The Kier molecular flexibility index (Phi) is 2.60. The van der Waals surface area contributed by atoms with Crippen molar-refractivity contribution in [3.05, 3.63) is 47.0 Å². The summed E-state index contributed by atoms with van der Waals surface area (Å²) in [7, 11) is 0. The highest BCUT2D eigenvalue weighted by atomic mass is 35.5. The topological polar surface area (TPSA) is 38.9 Å². The summed E-state index contributed by atoms with van der Waals surface area (Å²) in [5.41, 5.74) is 8.66. The summed E-state index contributed by atoms with van der Waals surface area (Å²) in [5, 5.41) is 0.708. The lowest BCUT2D eigenvalue weighted by molar-refractivity contribution is 1.31. The van der Waals surface area contributed by atoms with Crippen molar-refractivity contribution in [1.82, 2.24) is 4.98 Å². The first-order chi connectivity index (χ1) is 7.16. The van der Waals surface area contributed by atoms with Gasteiger partial charge in [-0.2, -0.15) is 0 Å². The average molecular weight is 219 g/mol. The largest absolute Gasteiger partial charge is 0.384 e. The molecule has 1 aromatic heterocycles. The quantitative estimate of drug-likeness (QED) is 0.798. The molecular formula is C12H11ClN2. The van der Waals surface area contributed by atoms with Crippen LogP contribution in [0.1, 0.15) is 5.56 Å². The summed E-state index contributed by atoms with van der Waals surface area (Å²) < 4.78 is 0. The SMILES string of the molecule is Cc1ccc(Cl)cc1-c1cccc(N)n1. The average Bonchev–Trinajstić information content (AvgIpc) is 2.22. The standard InChI is InChI=1S/C12H11ClN2/c1-8-5-6-9(13)7-10(8)11-3-2-4-12(14)15-11/h2-7H,1H3,(H2,14,15). The van der Waals surface area contributed by atoms with Gasteiger partial charge in [0.15, 0.2) is 0 Å². The molecule has 0 aliphatic rings. The predicted octanol–water partition coefficient (Wildman–Crippen LogP) is 3.29. The van der Waals surface area contributed by atoms with Crippen LogP contribution in [-0.4, -0.2) is 4.98 Å². The van der Waals surface area contributed by atoms with Crippen LogP contribution in [0.4, 0.5) is 5.82 Å². The number of hydrogen-bond donors (Lipinski definition) is 1. The summed E-state index contributed by atoms with van der Waals surface area (Å²) in [4.78, 5) is 4.26. The number of hydrogen-bond acceptors (Lipinski definition) is 2. The molecule has 2 rings (SSSR count). The molecule has 0 saturated carbocycles. The number of benzene rings is 1. The van der Waals surface area contributed by atoms with Crippen molar-refractivity contribution in [2.24, 2.45) is 0 Å². The van der Waals surface area contributed by atoms with E-state index in [1.165, 1.54) is 0 Å². The van der Waals surface area contributed by atoms with Crippen molar-refractivity contribution in [3.63, 3.8) is 0 Å². The fraction of sp³-hybridized carbons (Fsp3) is 0.0833. The number of halogens is 1. The van der Waals surface area contributed by atoms with Gasteiger partial charge in [-0.1, -0.05) is 23.7 Å². The third-order valence-electron chi connectivity index (χ3n) is 2.25. The lowest BCUT2D eigenvalue weighted by Crippen LogP contribution is -1.92. The van der Waals surface area contributed by atoms with E-state index < -0.39 is 0 Å². The first-order valence-electron chi connectivity index (χ1n) is 4.66. The van der Waals surface area contributed by atoms with E-state index in [4.69, 9.17) is 17.3 Å². The van der Waals surface area contributed by atoms with Crippen molar-refractivity contribution >= 4 is 17.4 Å². The molecule has 0 aliphatic heterocycles. The van der Waals surface area contributed by atoms with Gasteiger partial charge in [-0.15, -0.1) is 0 Å². The van der Waals surface area contributed by atoms with Gasteiger partial charge in [0.05, 0.1) is 5.69 Å². The molecule has 0 saturated heterocycles. The number of anilines is 1. The number of aryl methyl sites for hydroxylation is 1. The van der Waals surface area contributed by atoms with Gasteiger partial charge in [-0.05, 0) is 36.8 Å². The second-order valence-electron chi connectivity index (χ2n) is 3.41. The Morgan fingerprint density at radius 3 is 2.73 bits per heavy atom. The van der Waals surface area contributed by atoms with Crippen molar-refractivity contribution in [2.45, 2.75) is 6.92 Å². The summed E-state index contributed by atoms with van der Waals surface area (Å²) >= 11 is 5.95. The zero-order valence-corrected chi connectivity index (χ0v) is 9.12. The first kappa shape index (κ1) is 9.99. The van der Waals surface area contributed by atoms with Gasteiger partial charge in [0, 0.05) is 10.6 Å². The maximum absolute atomic E-state index is 5.95. The van der Waals surface area contributed by atoms with Gasteiger partial charge in [0.1, 0.15) is 5.82 Å². The summed E-state index contributed by atoms with van der Waals surface area (Å²) in [6.45, 7) is 2.02. The van der Waals surface area contributed by atoms with Gasteiger partial charge >= 0.3 is 0 Å². The minimum atomic E-state index is 0.520. The minimum Gasteiger partial charge on any atom is -0.384 e. The van der Waals surface area contributed by atoms with Crippen molar-refractivity contribution in [1.29, 1.82) is 0 Å². The number of nitrogens with two attached hydrogens (primary N) is 1. The Morgan fingerprint density at radius 1 is 1.20 bits per heavy atom. The first-order valence-corrected chi connectivity index (χ1v) is 5.03. The molecule has 3 heteroatoms. The molecule has 2 aromatic rings. The number of aromatic nitrogens is 1. The maximum Gasteiger partial charge on any atom is 0.124 e. The van der Waals surface area contributed by atoms with Gasteiger partial charge < -0.3 is 5.73 Å². The van der Waals surface area contributed by atoms with Crippen LogP contribution in [0.2, 0.25) is 5.02 Å². The van der Waals surface area contributed by atoms with Crippen LogP contribution in [0.25, 0.3) is 11.3 Å². The predicted molar refractivity (Wildman–Crippen MR) is 63.8 cm³/mol. The van der Waals surface area contributed by atoms with E-state index in [0.29, 0.717) is 10.8 Å². The zero-order chi connectivity index (χ0) is 10.8. The number of nitrogens with zero attached hydrogens (tertiary/aromatic N) is 1. The molecule has 0 fully saturated rings. The Hall–Kier alpha value is -1.54. The van der Waals surface area contributed by atoms with Gasteiger partial charge in [-0.25, -0.2) is 4.98 Å². The lowest BCUT2D eigenvalue weighted by atomic mass is 10.1. The van der Waals surface area contributed by atoms with Crippen LogP contribution >= 0.6 is 11.6 Å². The van der Waals surface area contributed by atoms with E-state index in [0.717, 1.165) is 16.8 Å². The van der Waals surface area contributed by atoms with E-state index in [2.05, 4.69) is 4.98 Å². The fourth-order valence-corrected chi connectivity index (χ4v) is 1.64. The maximum atomic E-state index is 5.95. The van der Waals surface area contributed by atoms with Gasteiger partial charge in [0.2, 0.25) is 0 Å². The molecule has 0 unspecified atom stereocenters. The van der Waals surface area contributed by atoms with E-state index in [-0.39, 0.29) is 0 Å². The Labute approximate surface area is 93.7 Å². The second-order valence-corrected chi connectivity index (χ2v) is 3.84. The third-order valence-corrected chi connectivity index (χ3v) is 2.48. The van der Waals surface area contributed by atoms with Gasteiger partial charge in [0.25, 0.3) is 0 Å². The van der Waals surface area contributed by atoms with E-state index >= 15 is 0 Å². The monoisotopic (exact) mass is 218 g/mol. The van der Waals surface area contributed by atoms with Crippen LogP contribution in [-0.2, 0) is 0 Å². The molecule has 0 aliphatic carbocycles. The molecule has 0 atom stereocenters. The third kappa shape index (κ3) is 2.10. The molecular weight excluding hydrogens is 208 g/mol. The molecule has 1 heterocycles. The number of rotatable bonds is 1. The van der Waals surface area contributed by atoms with Crippen LogP contribution in [0.15, 0.2) is 36.4 Å². The molecule has 2 nitrogen and oxygen atoms in total. The molecule has 0 bridgehead atoms. The van der Waals surface area contributed by atoms with Crippen LogP contribution in [0.3, 0.4) is 0 Å². The van der Waals surface area contributed by atoms with Crippen molar-refractivity contribution in [2.75, 3.05) is 5.73 Å². The highest BCUT2D eigenvalue weighted by Crippen LogP contribution is 2.25. The highest BCUT2D eigenvalue weighted by molar-refractivity contribution is 6.30. The minimum absolute atomic E-state index is 0.520. The number of nitrogen functional groups attached to an aromatic ring is 1. The summed E-state index contributed by atoms with van der Waals surface area (Å²) in [6.07, 6.45) is 0. The second kappa shape index (κ2) is 3.91. The van der Waals surface area contributed by atoms with E-state index in [1.807, 2.05) is 37.3 Å². The highest BCUT2D eigenvalue weighted by Gasteiger charge is 2.04. The molecule has 0 amide bonds. The fourth-order valence-electron chi connectivity index (χ4n) is 1.47. The number of pyridine rings is 1. The molecule has 0 radical (unpaired) electrons. The Bertz CT molecular complexity index is 495. The van der Waals surface area contributed by atoms with Crippen molar-refractivity contribution < 1.29 is 0 Å². The van der Waals surface area contributed by atoms with Crippen LogP contribution < -0.4 is 5.73 Å².